The first-order chi connectivity index (χ1) is 7.83. The highest BCUT2D eigenvalue weighted by atomic mass is 15.2. The van der Waals surface area contributed by atoms with Gasteiger partial charge in [-0.25, -0.2) is 4.98 Å². The summed E-state index contributed by atoms with van der Waals surface area (Å²) >= 11 is 0. The van der Waals surface area contributed by atoms with Crippen LogP contribution in [-0.2, 0) is 13.5 Å². The molecule has 0 spiro atoms. The molecule has 4 heteroatoms. The van der Waals surface area contributed by atoms with Crippen LogP contribution in [0.3, 0.4) is 0 Å². The van der Waals surface area contributed by atoms with Gasteiger partial charge in [0.15, 0.2) is 0 Å². The molecule has 1 N–H and O–H groups in total. The van der Waals surface area contributed by atoms with Crippen molar-refractivity contribution >= 4 is 0 Å². The average Bonchev–Trinajstić information content (AvgIpc) is 2.89. The first-order valence-electron chi connectivity index (χ1n) is 6.22. The summed E-state index contributed by atoms with van der Waals surface area (Å²) in [5.41, 5.74) is 0. The predicted octanol–water partition coefficient (Wildman–Crippen LogP) is 0.114. The van der Waals surface area contributed by atoms with Crippen LogP contribution in [0, 0.1) is 11.8 Å². The topological polar surface area (TPSA) is 33.1 Å². The Kier molecular flexibility index (Phi) is 2.69. The van der Waals surface area contributed by atoms with E-state index in [1.807, 2.05) is 12.4 Å². The average molecular weight is 220 g/mol. The monoisotopic (exact) mass is 220 g/mol. The molecule has 1 aromatic rings. The van der Waals surface area contributed by atoms with Crippen LogP contribution in [0.2, 0.25) is 0 Å². The maximum absolute atomic E-state index is 4.37. The minimum atomic E-state index is 0.904. The van der Waals surface area contributed by atoms with Crippen molar-refractivity contribution in [3.8, 4) is 0 Å². The highest BCUT2D eigenvalue weighted by molar-refractivity contribution is 4.95. The van der Waals surface area contributed by atoms with E-state index in [0.717, 1.165) is 24.8 Å². The molecule has 3 rings (SSSR count). The quantitative estimate of drug-likeness (QED) is 0.785. The molecule has 0 bridgehead atoms. The van der Waals surface area contributed by atoms with Gasteiger partial charge in [-0.3, -0.25) is 0 Å². The van der Waals surface area contributed by atoms with Crippen LogP contribution in [0.25, 0.3) is 0 Å². The van der Waals surface area contributed by atoms with E-state index >= 15 is 0 Å². The highest BCUT2D eigenvalue weighted by Crippen LogP contribution is 2.25. The molecule has 2 aliphatic heterocycles. The van der Waals surface area contributed by atoms with E-state index in [4.69, 9.17) is 0 Å². The molecule has 1 aromatic heterocycles. The number of aryl methyl sites for hydroxylation is 1. The smallest absolute Gasteiger partial charge is 0.109 e. The number of aromatic nitrogens is 2. The Morgan fingerprint density at radius 3 is 2.75 bits per heavy atom. The highest BCUT2D eigenvalue weighted by Gasteiger charge is 2.35. The van der Waals surface area contributed by atoms with Gasteiger partial charge in [0.2, 0.25) is 0 Å². The van der Waals surface area contributed by atoms with Gasteiger partial charge in [0.05, 0.1) is 0 Å². The summed E-state index contributed by atoms with van der Waals surface area (Å²) in [4.78, 5) is 6.97. The number of fused-ring (bicyclic) bond motifs is 1. The van der Waals surface area contributed by atoms with E-state index < -0.39 is 0 Å². The Balaban J connectivity index is 1.52. The number of nitrogens with zero attached hydrogens (tertiary/aromatic N) is 3. The number of hydrogen-bond acceptors (Lipinski definition) is 3. The lowest BCUT2D eigenvalue weighted by Gasteiger charge is -2.16. The molecule has 0 saturated carbocycles. The van der Waals surface area contributed by atoms with Crippen LogP contribution < -0.4 is 5.32 Å². The van der Waals surface area contributed by atoms with Crippen molar-refractivity contribution in [2.45, 2.75) is 6.42 Å². The van der Waals surface area contributed by atoms with Crippen molar-refractivity contribution < 1.29 is 0 Å². The van der Waals surface area contributed by atoms with Crippen molar-refractivity contribution in [1.82, 2.24) is 19.8 Å². The normalized spacial score (nSPS) is 29.8. The van der Waals surface area contributed by atoms with Gasteiger partial charge in [-0.15, -0.1) is 0 Å². The van der Waals surface area contributed by atoms with Gasteiger partial charge in [0.25, 0.3) is 0 Å². The maximum atomic E-state index is 4.37. The molecule has 2 unspecified atom stereocenters. The Bertz CT molecular complexity index is 348. The van der Waals surface area contributed by atoms with Crippen molar-refractivity contribution in [2.75, 3.05) is 32.7 Å². The van der Waals surface area contributed by atoms with Crippen molar-refractivity contribution in [1.29, 1.82) is 0 Å². The van der Waals surface area contributed by atoms with Crippen LogP contribution in [-0.4, -0.2) is 47.2 Å². The molecule has 0 aliphatic carbocycles. The Hall–Kier alpha value is -0.870. The Morgan fingerprint density at radius 1 is 1.38 bits per heavy atom. The van der Waals surface area contributed by atoms with E-state index in [1.54, 1.807) is 0 Å². The minimum Gasteiger partial charge on any atom is -0.338 e. The fraction of sp³-hybridized carbons (Fsp3) is 0.750. The summed E-state index contributed by atoms with van der Waals surface area (Å²) < 4.78 is 2.12. The SMILES string of the molecule is Cn1ccnc1CCN1CC2CNCC2C1. The molecule has 2 atom stereocenters. The summed E-state index contributed by atoms with van der Waals surface area (Å²) in [6.45, 7) is 6.18. The summed E-state index contributed by atoms with van der Waals surface area (Å²) in [7, 11) is 2.07. The second-order valence-corrected chi connectivity index (χ2v) is 5.14. The van der Waals surface area contributed by atoms with Gasteiger partial charge >= 0.3 is 0 Å². The number of imidazole rings is 1. The van der Waals surface area contributed by atoms with E-state index in [-0.39, 0.29) is 0 Å². The van der Waals surface area contributed by atoms with Crippen molar-refractivity contribution in [2.24, 2.45) is 18.9 Å². The minimum absolute atomic E-state index is 0.904. The van der Waals surface area contributed by atoms with E-state index in [1.165, 1.54) is 32.0 Å². The number of likely N-dealkylation sites (tertiary alicyclic amines) is 1. The fourth-order valence-electron chi connectivity index (χ4n) is 3.03. The molecule has 2 fully saturated rings. The fourth-order valence-corrected chi connectivity index (χ4v) is 3.03. The van der Waals surface area contributed by atoms with Crippen LogP contribution in [0.5, 0.6) is 0 Å². The van der Waals surface area contributed by atoms with Gasteiger partial charge < -0.3 is 14.8 Å². The number of rotatable bonds is 3. The molecule has 2 saturated heterocycles. The lowest BCUT2D eigenvalue weighted by molar-refractivity contribution is 0.314. The Labute approximate surface area is 96.7 Å². The lowest BCUT2D eigenvalue weighted by atomic mass is 10.0. The summed E-state index contributed by atoms with van der Waals surface area (Å²) in [5.74, 6) is 3.01. The molecule has 2 aliphatic rings. The van der Waals surface area contributed by atoms with Gasteiger partial charge in [-0.2, -0.15) is 0 Å². The molecule has 88 valence electrons. The van der Waals surface area contributed by atoms with Gasteiger partial charge in [0.1, 0.15) is 5.82 Å². The summed E-state index contributed by atoms with van der Waals surface area (Å²) in [6.07, 6.45) is 4.99. The zero-order chi connectivity index (χ0) is 11.0. The maximum Gasteiger partial charge on any atom is 0.109 e. The van der Waals surface area contributed by atoms with E-state index in [9.17, 15) is 0 Å². The van der Waals surface area contributed by atoms with Crippen LogP contribution in [0.1, 0.15) is 5.82 Å². The molecule has 16 heavy (non-hydrogen) atoms. The van der Waals surface area contributed by atoms with Crippen molar-refractivity contribution in [3.63, 3.8) is 0 Å². The molecule has 0 radical (unpaired) electrons. The molecule has 4 nitrogen and oxygen atoms in total. The van der Waals surface area contributed by atoms with Crippen LogP contribution >= 0.6 is 0 Å². The summed E-state index contributed by atoms with van der Waals surface area (Å²) in [6, 6.07) is 0. The molecular formula is C12H20N4. The van der Waals surface area contributed by atoms with Crippen LogP contribution in [0.15, 0.2) is 12.4 Å². The first kappa shape index (κ1) is 10.3. The molecular weight excluding hydrogens is 200 g/mol. The number of nitrogens with one attached hydrogen (secondary N) is 1. The van der Waals surface area contributed by atoms with Crippen LogP contribution in [0.4, 0.5) is 0 Å². The number of hydrogen-bond donors (Lipinski definition) is 1. The predicted molar refractivity (Wildman–Crippen MR) is 63.2 cm³/mol. The van der Waals surface area contributed by atoms with Gasteiger partial charge in [-0.05, 0) is 24.9 Å². The second kappa shape index (κ2) is 4.18. The van der Waals surface area contributed by atoms with E-state index in [0.29, 0.717) is 0 Å². The van der Waals surface area contributed by atoms with Gasteiger partial charge in [0, 0.05) is 45.5 Å². The summed E-state index contributed by atoms with van der Waals surface area (Å²) in [5, 5.41) is 3.48. The Morgan fingerprint density at radius 2 is 2.12 bits per heavy atom. The largest absolute Gasteiger partial charge is 0.338 e. The van der Waals surface area contributed by atoms with Gasteiger partial charge in [-0.1, -0.05) is 0 Å². The molecule has 0 aromatic carbocycles. The molecule has 0 amide bonds. The second-order valence-electron chi connectivity index (χ2n) is 5.14. The lowest BCUT2D eigenvalue weighted by Crippen LogP contribution is -2.28. The van der Waals surface area contributed by atoms with Crippen molar-refractivity contribution in [3.05, 3.63) is 18.2 Å². The third-order valence-electron chi connectivity index (χ3n) is 4.04. The first-order valence-corrected chi connectivity index (χ1v) is 6.22. The standard InChI is InChI=1S/C12H20N4/c1-15-5-3-14-12(15)2-4-16-8-10-6-13-7-11(10)9-16/h3,5,10-11,13H,2,4,6-9H2,1H3. The third-order valence-corrected chi connectivity index (χ3v) is 4.04. The zero-order valence-electron chi connectivity index (χ0n) is 9.89. The molecule has 3 heterocycles. The third kappa shape index (κ3) is 1.87. The van der Waals surface area contributed by atoms with E-state index in [2.05, 4.69) is 26.8 Å². The zero-order valence-corrected chi connectivity index (χ0v) is 9.89.